The third-order valence-electron chi connectivity index (χ3n) is 3.32. The Morgan fingerprint density at radius 3 is 2.79 bits per heavy atom. The molecule has 19 heavy (non-hydrogen) atoms. The standard InChI is InChI=1S/C13H16N4O2/c1-9-6-11(8-14)16-13(15-9)17-4-2-10(3-5-17)7-12(18)19/h6,10H,2-5,7H2,1H3,(H,18,19). The van der Waals surface area contributed by atoms with Crippen molar-refractivity contribution in [2.24, 2.45) is 5.92 Å². The molecule has 1 aromatic heterocycles. The van der Waals surface area contributed by atoms with E-state index in [1.165, 1.54) is 0 Å². The van der Waals surface area contributed by atoms with Crippen LogP contribution in [0.4, 0.5) is 5.95 Å². The molecule has 0 aliphatic carbocycles. The van der Waals surface area contributed by atoms with Crippen LogP contribution in [0, 0.1) is 24.2 Å². The average molecular weight is 260 g/mol. The predicted molar refractivity (Wildman–Crippen MR) is 68.7 cm³/mol. The van der Waals surface area contributed by atoms with Crippen LogP contribution >= 0.6 is 0 Å². The molecule has 0 unspecified atom stereocenters. The summed E-state index contributed by atoms with van der Waals surface area (Å²) in [6, 6.07) is 3.68. The first kappa shape index (κ1) is 13.3. The number of rotatable bonds is 3. The van der Waals surface area contributed by atoms with Crippen molar-refractivity contribution in [3.8, 4) is 6.07 Å². The van der Waals surface area contributed by atoms with Crippen LogP contribution in [0.15, 0.2) is 6.07 Å². The van der Waals surface area contributed by atoms with Gasteiger partial charge in [-0.05, 0) is 31.7 Å². The van der Waals surface area contributed by atoms with Crippen LogP contribution in [0.2, 0.25) is 0 Å². The summed E-state index contributed by atoms with van der Waals surface area (Å²) in [5.41, 5.74) is 1.14. The van der Waals surface area contributed by atoms with Gasteiger partial charge >= 0.3 is 5.97 Å². The van der Waals surface area contributed by atoms with Gasteiger partial charge in [0.25, 0.3) is 0 Å². The molecule has 1 fully saturated rings. The summed E-state index contributed by atoms with van der Waals surface area (Å²) in [4.78, 5) is 21.2. The van der Waals surface area contributed by atoms with Gasteiger partial charge in [0.05, 0.1) is 0 Å². The molecule has 100 valence electrons. The SMILES string of the molecule is Cc1cc(C#N)nc(N2CCC(CC(=O)O)CC2)n1. The second-order valence-corrected chi connectivity index (χ2v) is 4.83. The van der Waals surface area contributed by atoms with Gasteiger partial charge in [0.1, 0.15) is 11.8 Å². The van der Waals surface area contributed by atoms with E-state index in [4.69, 9.17) is 10.4 Å². The number of nitriles is 1. The summed E-state index contributed by atoms with van der Waals surface area (Å²) in [5, 5.41) is 17.7. The van der Waals surface area contributed by atoms with Crippen molar-refractivity contribution in [3.05, 3.63) is 17.5 Å². The topological polar surface area (TPSA) is 90.1 Å². The first-order valence-electron chi connectivity index (χ1n) is 6.31. The quantitative estimate of drug-likeness (QED) is 0.882. The van der Waals surface area contributed by atoms with Crippen LogP contribution in [0.1, 0.15) is 30.7 Å². The molecule has 1 aliphatic rings. The summed E-state index contributed by atoms with van der Waals surface area (Å²) < 4.78 is 0. The van der Waals surface area contributed by atoms with Gasteiger partial charge in [0.2, 0.25) is 5.95 Å². The minimum atomic E-state index is -0.739. The number of anilines is 1. The molecule has 0 bridgehead atoms. The number of carboxylic acids is 1. The third-order valence-corrected chi connectivity index (χ3v) is 3.32. The monoisotopic (exact) mass is 260 g/mol. The summed E-state index contributed by atoms with van der Waals surface area (Å²) in [7, 11) is 0. The number of aryl methyl sites for hydroxylation is 1. The second-order valence-electron chi connectivity index (χ2n) is 4.83. The average Bonchev–Trinajstić information content (AvgIpc) is 2.38. The first-order chi connectivity index (χ1) is 9.08. The Kier molecular flexibility index (Phi) is 3.95. The number of carbonyl (C=O) groups is 1. The second kappa shape index (κ2) is 5.65. The van der Waals surface area contributed by atoms with E-state index in [1.54, 1.807) is 6.07 Å². The normalized spacial score (nSPS) is 16.1. The minimum Gasteiger partial charge on any atom is -0.481 e. The van der Waals surface area contributed by atoms with Crippen molar-refractivity contribution >= 4 is 11.9 Å². The maximum atomic E-state index is 10.7. The Bertz CT molecular complexity index is 516. The zero-order valence-corrected chi connectivity index (χ0v) is 10.8. The first-order valence-corrected chi connectivity index (χ1v) is 6.31. The maximum absolute atomic E-state index is 10.7. The number of hydrogen-bond acceptors (Lipinski definition) is 5. The fourth-order valence-corrected chi connectivity index (χ4v) is 2.34. The van der Waals surface area contributed by atoms with Crippen molar-refractivity contribution in [1.29, 1.82) is 5.26 Å². The predicted octanol–water partition coefficient (Wildman–Crippen LogP) is 1.35. The highest BCUT2D eigenvalue weighted by Crippen LogP contribution is 2.23. The molecule has 0 radical (unpaired) electrons. The number of hydrogen-bond donors (Lipinski definition) is 1. The molecule has 2 heterocycles. The van der Waals surface area contributed by atoms with Crippen molar-refractivity contribution in [2.75, 3.05) is 18.0 Å². The van der Waals surface area contributed by atoms with Gasteiger partial charge in [-0.3, -0.25) is 4.79 Å². The van der Waals surface area contributed by atoms with Gasteiger partial charge < -0.3 is 10.0 Å². The third kappa shape index (κ3) is 3.41. The van der Waals surface area contributed by atoms with E-state index in [0.717, 1.165) is 31.6 Å². The maximum Gasteiger partial charge on any atom is 0.303 e. The van der Waals surface area contributed by atoms with Crippen LogP contribution in [-0.4, -0.2) is 34.1 Å². The van der Waals surface area contributed by atoms with Crippen molar-refractivity contribution < 1.29 is 9.90 Å². The largest absolute Gasteiger partial charge is 0.481 e. The van der Waals surface area contributed by atoms with E-state index in [1.807, 2.05) is 17.9 Å². The van der Waals surface area contributed by atoms with Crippen LogP contribution in [0.5, 0.6) is 0 Å². The van der Waals surface area contributed by atoms with E-state index in [9.17, 15) is 4.79 Å². The number of nitrogens with zero attached hydrogens (tertiary/aromatic N) is 4. The molecular formula is C13H16N4O2. The fraction of sp³-hybridized carbons (Fsp3) is 0.538. The van der Waals surface area contributed by atoms with Gasteiger partial charge in [-0.1, -0.05) is 0 Å². The molecule has 0 spiro atoms. The zero-order chi connectivity index (χ0) is 13.8. The van der Waals surface area contributed by atoms with E-state index >= 15 is 0 Å². The lowest BCUT2D eigenvalue weighted by molar-refractivity contribution is -0.138. The molecule has 1 aromatic rings. The minimum absolute atomic E-state index is 0.228. The van der Waals surface area contributed by atoms with E-state index in [0.29, 0.717) is 11.6 Å². The molecule has 2 rings (SSSR count). The van der Waals surface area contributed by atoms with Gasteiger partial charge in [-0.15, -0.1) is 0 Å². The Morgan fingerprint density at radius 1 is 1.53 bits per heavy atom. The molecule has 1 N–H and O–H groups in total. The van der Waals surface area contributed by atoms with Crippen LogP contribution in [-0.2, 0) is 4.79 Å². The molecule has 6 heteroatoms. The smallest absolute Gasteiger partial charge is 0.303 e. The summed E-state index contributed by atoms with van der Waals surface area (Å²) >= 11 is 0. The van der Waals surface area contributed by atoms with Crippen molar-refractivity contribution in [2.45, 2.75) is 26.2 Å². The number of aliphatic carboxylic acids is 1. The Morgan fingerprint density at radius 2 is 2.21 bits per heavy atom. The Hall–Kier alpha value is -2.16. The molecule has 1 aliphatic heterocycles. The van der Waals surface area contributed by atoms with Crippen LogP contribution < -0.4 is 4.90 Å². The number of carboxylic acid groups (broad SMARTS) is 1. The zero-order valence-electron chi connectivity index (χ0n) is 10.8. The summed E-state index contributed by atoms with van der Waals surface area (Å²) in [6.07, 6.45) is 1.88. The van der Waals surface area contributed by atoms with Gasteiger partial charge in [0, 0.05) is 25.2 Å². The fourth-order valence-electron chi connectivity index (χ4n) is 2.34. The van der Waals surface area contributed by atoms with Gasteiger partial charge in [0.15, 0.2) is 0 Å². The summed E-state index contributed by atoms with van der Waals surface area (Å²) in [5.74, 6) is 0.0661. The van der Waals surface area contributed by atoms with E-state index in [2.05, 4.69) is 9.97 Å². The van der Waals surface area contributed by atoms with Crippen molar-refractivity contribution in [3.63, 3.8) is 0 Å². The molecule has 0 aromatic carbocycles. The highest BCUT2D eigenvalue weighted by atomic mass is 16.4. The highest BCUT2D eigenvalue weighted by Gasteiger charge is 2.23. The van der Waals surface area contributed by atoms with Crippen LogP contribution in [0.25, 0.3) is 0 Å². The number of aromatic nitrogens is 2. The molecule has 1 saturated heterocycles. The summed E-state index contributed by atoms with van der Waals surface area (Å²) in [6.45, 7) is 3.32. The molecule has 0 amide bonds. The van der Waals surface area contributed by atoms with E-state index < -0.39 is 5.97 Å². The molecule has 0 saturated carbocycles. The molecular weight excluding hydrogens is 244 g/mol. The van der Waals surface area contributed by atoms with Crippen molar-refractivity contribution in [1.82, 2.24) is 9.97 Å². The van der Waals surface area contributed by atoms with Gasteiger partial charge in [-0.25, -0.2) is 9.97 Å². The Labute approximate surface area is 111 Å². The highest BCUT2D eigenvalue weighted by molar-refractivity contribution is 5.67. The van der Waals surface area contributed by atoms with E-state index in [-0.39, 0.29) is 12.3 Å². The lowest BCUT2D eigenvalue weighted by atomic mass is 9.94. The van der Waals surface area contributed by atoms with Gasteiger partial charge in [-0.2, -0.15) is 5.26 Å². The lowest BCUT2D eigenvalue weighted by Gasteiger charge is -2.31. The van der Waals surface area contributed by atoms with Crippen LogP contribution in [0.3, 0.4) is 0 Å². The lowest BCUT2D eigenvalue weighted by Crippen LogP contribution is -2.35. The Balaban J connectivity index is 2.03. The number of piperidine rings is 1. The molecule has 0 atom stereocenters. The molecule has 6 nitrogen and oxygen atoms in total.